The highest BCUT2D eigenvalue weighted by Crippen LogP contribution is 2.26. The van der Waals surface area contributed by atoms with Crippen LogP contribution in [0.4, 0.5) is 0 Å². The maximum atomic E-state index is 12.2. The number of hydrogen-bond acceptors (Lipinski definition) is 4. The van der Waals surface area contributed by atoms with Gasteiger partial charge in [-0.3, -0.25) is 4.79 Å². The first-order chi connectivity index (χ1) is 8.90. The molecule has 0 heterocycles. The molecular weight excluding hydrogens is 248 g/mol. The summed E-state index contributed by atoms with van der Waals surface area (Å²) in [5.74, 6) is -1.67. The van der Waals surface area contributed by atoms with Gasteiger partial charge >= 0.3 is 5.97 Å². The van der Waals surface area contributed by atoms with Crippen LogP contribution in [0.15, 0.2) is 0 Å². The SMILES string of the molecule is CCC[C@H](NC(=O)C1(N)CCCCC1)C(O)C(=O)O. The Bertz CT molecular complexity index is 327. The number of hydrogen-bond donors (Lipinski definition) is 4. The lowest BCUT2D eigenvalue weighted by molar-refractivity contribution is -0.149. The maximum absolute atomic E-state index is 12.2. The van der Waals surface area contributed by atoms with Gasteiger partial charge in [-0.25, -0.2) is 4.79 Å². The van der Waals surface area contributed by atoms with Crippen molar-refractivity contribution in [3.05, 3.63) is 0 Å². The molecule has 0 aromatic carbocycles. The van der Waals surface area contributed by atoms with Crippen LogP contribution in [0.2, 0.25) is 0 Å². The van der Waals surface area contributed by atoms with E-state index in [-0.39, 0.29) is 5.91 Å². The van der Waals surface area contributed by atoms with Crippen molar-refractivity contribution in [1.82, 2.24) is 5.32 Å². The minimum Gasteiger partial charge on any atom is -0.479 e. The lowest BCUT2D eigenvalue weighted by Gasteiger charge is -2.34. The summed E-state index contributed by atoms with van der Waals surface area (Å²) in [5.41, 5.74) is 5.17. The molecule has 0 aromatic heterocycles. The Labute approximate surface area is 113 Å². The minimum atomic E-state index is -1.59. The molecule has 0 aliphatic heterocycles. The average molecular weight is 272 g/mol. The third-order valence-corrected chi connectivity index (χ3v) is 3.75. The fourth-order valence-corrected chi connectivity index (χ4v) is 2.51. The quantitative estimate of drug-likeness (QED) is 0.558. The Morgan fingerprint density at radius 1 is 1.32 bits per heavy atom. The van der Waals surface area contributed by atoms with E-state index in [1.165, 1.54) is 0 Å². The number of amides is 1. The van der Waals surface area contributed by atoms with E-state index in [4.69, 9.17) is 10.8 Å². The molecule has 2 atom stereocenters. The summed E-state index contributed by atoms with van der Waals surface area (Å²) in [7, 11) is 0. The number of carbonyl (C=O) groups excluding carboxylic acids is 1. The number of aliphatic hydroxyl groups excluding tert-OH is 1. The summed E-state index contributed by atoms with van der Waals surface area (Å²) < 4.78 is 0. The van der Waals surface area contributed by atoms with Gasteiger partial charge in [0.05, 0.1) is 11.6 Å². The summed E-state index contributed by atoms with van der Waals surface area (Å²) in [5, 5.41) is 21.0. The van der Waals surface area contributed by atoms with E-state index in [1.807, 2.05) is 6.92 Å². The van der Waals surface area contributed by atoms with Crippen LogP contribution < -0.4 is 11.1 Å². The van der Waals surface area contributed by atoms with E-state index in [0.717, 1.165) is 19.3 Å². The van der Waals surface area contributed by atoms with Gasteiger partial charge in [0.1, 0.15) is 0 Å². The standard InChI is InChI=1S/C13H24N2O4/c1-2-6-9(10(16)11(17)18)15-12(19)13(14)7-4-3-5-8-13/h9-10,16H,2-8,14H2,1H3,(H,15,19)(H,17,18)/t9-,10?/m0/s1. The van der Waals surface area contributed by atoms with Gasteiger partial charge in [0.25, 0.3) is 0 Å². The second-order valence-electron chi connectivity index (χ2n) is 5.37. The van der Waals surface area contributed by atoms with Crippen molar-refractivity contribution in [3.63, 3.8) is 0 Å². The van der Waals surface area contributed by atoms with Gasteiger partial charge in [0.2, 0.25) is 5.91 Å². The zero-order valence-electron chi connectivity index (χ0n) is 11.4. The molecule has 5 N–H and O–H groups in total. The molecular formula is C13H24N2O4. The van der Waals surface area contributed by atoms with Gasteiger partial charge < -0.3 is 21.3 Å². The first kappa shape index (κ1) is 15.9. The molecule has 110 valence electrons. The van der Waals surface area contributed by atoms with Crippen LogP contribution in [0, 0.1) is 0 Å². The average Bonchev–Trinajstić information content (AvgIpc) is 2.38. The summed E-state index contributed by atoms with van der Waals surface area (Å²) in [4.78, 5) is 23.0. The van der Waals surface area contributed by atoms with Gasteiger partial charge in [-0.1, -0.05) is 32.6 Å². The summed E-state index contributed by atoms with van der Waals surface area (Å²) >= 11 is 0. The second-order valence-corrected chi connectivity index (χ2v) is 5.37. The number of carboxylic acid groups (broad SMARTS) is 1. The number of carbonyl (C=O) groups is 2. The Balaban J connectivity index is 2.67. The molecule has 1 aliphatic rings. The molecule has 6 heteroatoms. The molecule has 1 amide bonds. The number of carboxylic acids is 1. The molecule has 0 bridgehead atoms. The van der Waals surface area contributed by atoms with Crippen LogP contribution >= 0.6 is 0 Å². The fourth-order valence-electron chi connectivity index (χ4n) is 2.51. The molecule has 1 aliphatic carbocycles. The van der Waals surface area contributed by atoms with Gasteiger partial charge in [-0.15, -0.1) is 0 Å². The topological polar surface area (TPSA) is 113 Å². The molecule has 0 saturated heterocycles. The van der Waals surface area contributed by atoms with Crippen molar-refractivity contribution in [2.24, 2.45) is 5.73 Å². The normalized spacial score (nSPS) is 21.4. The largest absolute Gasteiger partial charge is 0.479 e. The van der Waals surface area contributed by atoms with Crippen molar-refractivity contribution >= 4 is 11.9 Å². The zero-order chi connectivity index (χ0) is 14.5. The van der Waals surface area contributed by atoms with Crippen LogP contribution in [0.25, 0.3) is 0 Å². The molecule has 1 rings (SSSR count). The van der Waals surface area contributed by atoms with E-state index in [2.05, 4.69) is 5.32 Å². The van der Waals surface area contributed by atoms with Crippen molar-refractivity contribution in [3.8, 4) is 0 Å². The third-order valence-electron chi connectivity index (χ3n) is 3.75. The van der Waals surface area contributed by atoms with E-state index in [0.29, 0.717) is 25.7 Å². The monoisotopic (exact) mass is 272 g/mol. The van der Waals surface area contributed by atoms with Crippen LogP contribution in [-0.2, 0) is 9.59 Å². The van der Waals surface area contributed by atoms with Crippen molar-refractivity contribution < 1.29 is 19.8 Å². The van der Waals surface area contributed by atoms with Gasteiger partial charge in [-0.2, -0.15) is 0 Å². The van der Waals surface area contributed by atoms with Crippen LogP contribution in [0.3, 0.4) is 0 Å². The van der Waals surface area contributed by atoms with E-state index >= 15 is 0 Å². The van der Waals surface area contributed by atoms with Gasteiger partial charge in [0, 0.05) is 0 Å². The molecule has 19 heavy (non-hydrogen) atoms. The molecule has 1 saturated carbocycles. The number of nitrogens with two attached hydrogens (primary N) is 1. The van der Waals surface area contributed by atoms with E-state index < -0.39 is 23.7 Å². The molecule has 1 fully saturated rings. The lowest BCUT2D eigenvalue weighted by atomic mass is 9.81. The molecule has 1 unspecified atom stereocenters. The second kappa shape index (κ2) is 6.86. The minimum absolute atomic E-state index is 0.342. The first-order valence-corrected chi connectivity index (χ1v) is 6.91. The highest BCUT2D eigenvalue weighted by molar-refractivity contribution is 5.87. The predicted molar refractivity (Wildman–Crippen MR) is 70.5 cm³/mol. The Morgan fingerprint density at radius 2 is 1.89 bits per heavy atom. The number of aliphatic carboxylic acids is 1. The summed E-state index contributed by atoms with van der Waals surface area (Å²) in [6.07, 6.45) is 3.61. The van der Waals surface area contributed by atoms with Crippen LogP contribution in [0.5, 0.6) is 0 Å². The number of nitrogens with one attached hydrogen (secondary N) is 1. The number of aliphatic hydroxyl groups is 1. The van der Waals surface area contributed by atoms with E-state index in [9.17, 15) is 14.7 Å². The predicted octanol–water partition coefficient (Wildman–Crippen LogP) is 0.378. The van der Waals surface area contributed by atoms with Crippen molar-refractivity contribution in [2.45, 2.75) is 69.6 Å². The lowest BCUT2D eigenvalue weighted by Crippen LogP contribution is -2.59. The zero-order valence-corrected chi connectivity index (χ0v) is 11.4. The van der Waals surface area contributed by atoms with Gasteiger partial charge in [0.15, 0.2) is 6.10 Å². The van der Waals surface area contributed by atoms with Gasteiger partial charge in [-0.05, 0) is 19.3 Å². The van der Waals surface area contributed by atoms with Crippen LogP contribution in [0.1, 0.15) is 51.9 Å². The first-order valence-electron chi connectivity index (χ1n) is 6.91. The van der Waals surface area contributed by atoms with Crippen molar-refractivity contribution in [1.29, 1.82) is 0 Å². The molecule has 0 spiro atoms. The third kappa shape index (κ3) is 4.18. The van der Waals surface area contributed by atoms with Crippen molar-refractivity contribution in [2.75, 3.05) is 0 Å². The smallest absolute Gasteiger partial charge is 0.334 e. The summed E-state index contributed by atoms with van der Waals surface area (Å²) in [6.45, 7) is 1.87. The van der Waals surface area contributed by atoms with E-state index in [1.54, 1.807) is 0 Å². The fraction of sp³-hybridized carbons (Fsp3) is 0.846. The molecule has 6 nitrogen and oxygen atoms in total. The Kier molecular flexibility index (Phi) is 5.75. The Hall–Kier alpha value is -1.14. The Morgan fingerprint density at radius 3 is 2.37 bits per heavy atom. The summed E-state index contributed by atoms with van der Waals surface area (Å²) in [6, 6.07) is -0.780. The highest BCUT2D eigenvalue weighted by Gasteiger charge is 2.37. The molecule has 0 aromatic rings. The molecule has 0 radical (unpaired) electrons. The number of rotatable bonds is 6. The maximum Gasteiger partial charge on any atom is 0.334 e. The highest BCUT2D eigenvalue weighted by atomic mass is 16.4. The van der Waals surface area contributed by atoms with Crippen LogP contribution in [-0.4, -0.2) is 39.8 Å².